The standard InChI is InChI=1S/C33H37N3O5S/c1-24-12-8-9-15-26(24)23-35(31(37)20-21-36-33(39)28-18-10-11-19-30(28)42(36,40)41)29(22-25-13-4-2-5-14-25)32(38)34-27-16-6-3-7-17-27/h2,4-5,8-15,18-19,27,29H,3,6-7,16-17,20-23H2,1H3,(H,34,38)/t29-/m1/s1. The van der Waals surface area contributed by atoms with Gasteiger partial charge in [0.2, 0.25) is 11.8 Å². The van der Waals surface area contributed by atoms with Gasteiger partial charge >= 0.3 is 0 Å². The molecule has 0 aromatic heterocycles. The summed E-state index contributed by atoms with van der Waals surface area (Å²) in [5, 5.41) is 3.21. The van der Waals surface area contributed by atoms with Gasteiger partial charge in [-0.3, -0.25) is 14.4 Å². The van der Waals surface area contributed by atoms with Gasteiger partial charge in [-0.15, -0.1) is 0 Å². The lowest BCUT2D eigenvalue weighted by molar-refractivity contribution is -0.141. The Labute approximate surface area is 247 Å². The molecular formula is C33H37N3O5S. The molecule has 3 amide bonds. The van der Waals surface area contributed by atoms with E-state index in [0.717, 1.165) is 53.1 Å². The summed E-state index contributed by atoms with van der Waals surface area (Å²) in [4.78, 5) is 42.5. The van der Waals surface area contributed by atoms with E-state index in [1.165, 1.54) is 12.1 Å². The molecule has 1 atom stereocenters. The second kappa shape index (κ2) is 12.9. The van der Waals surface area contributed by atoms with Crippen molar-refractivity contribution >= 4 is 27.7 Å². The third kappa shape index (κ3) is 6.41. The van der Waals surface area contributed by atoms with Crippen LogP contribution in [0.4, 0.5) is 0 Å². The fourth-order valence-electron chi connectivity index (χ4n) is 5.86. The number of nitrogens with zero attached hydrogens (tertiary/aromatic N) is 2. The van der Waals surface area contributed by atoms with Gasteiger partial charge in [0.25, 0.3) is 15.9 Å². The number of hydrogen-bond acceptors (Lipinski definition) is 5. The highest BCUT2D eigenvalue weighted by Gasteiger charge is 2.41. The third-order valence-corrected chi connectivity index (χ3v) is 10.1. The van der Waals surface area contributed by atoms with Crippen LogP contribution in [0.1, 0.15) is 65.6 Å². The van der Waals surface area contributed by atoms with E-state index in [1.54, 1.807) is 17.0 Å². The highest BCUT2D eigenvalue weighted by atomic mass is 32.2. The molecule has 9 heteroatoms. The molecule has 5 rings (SSSR count). The fraction of sp³-hybridized carbons (Fsp3) is 0.364. The second-order valence-electron chi connectivity index (χ2n) is 11.1. The molecule has 1 heterocycles. The van der Waals surface area contributed by atoms with E-state index < -0.39 is 27.9 Å². The highest BCUT2D eigenvalue weighted by molar-refractivity contribution is 7.90. The molecule has 0 spiro atoms. The zero-order valence-electron chi connectivity index (χ0n) is 23.9. The van der Waals surface area contributed by atoms with E-state index in [-0.39, 0.29) is 41.9 Å². The normalized spacial score (nSPS) is 17.0. The Balaban J connectivity index is 1.43. The van der Waals surface area contributed by atoms with Crippen LogP contribution in [-0.2, 0) is 32.6 Å². The summed E-state index contributed by atoms with van der Waals surface area (Å²) in [6.07, 6.45) is 5.15. The zero-order chi connectivity index (χ0) is 29.7. The van der Waals surface area contributed by atoms with Crippen LogP contribution in [0.15, 0.2) is 83.8 Å². The summed E-state index contributed by atoms with van der Waals surface area (Å²) >= 11 is 0. The number of fused-ring (bicyclic) bond motifs is 1. The summed E-state index contributed by atoms with van der Waals surface area (Å²) in [6.45, 7) is 1.84. The number of benzene rings is 3. The van der Waals surface area contributed by atoms with Crippen molar-refractivity contribution in [2.75, 3.05) is 6.54 Å². The van der Waals surface area contributed by atoms with Crippen molar-refractivity contribution in [1.29, 1.82) is 0 Å². The van der Waals surface area contributed by atoms with E-state index in [0.29, 0.717) is 6.42 Å². The number of carbonyl (C=O) groups excluding carboxylic acids is 3. The maximum atomic E-state index is 14.0. The second-order valence-corrected chi connectivity index (χ2v) is 13.0. The predicted molar refractivity (Wildman–Crippen MR) is 160 cm³/mol. The van der Waals surface area contributed by atoms with Gasteiger partial charge in [0.05, 0.1) is 5.56 Å². The van der Waals surface area contributed by atoms with Crippen LogP contribution in [0.5, 0.6) is 0 Å². The monoisotopic (exact) mass is 587 g/mol. The van der Waals surface area contributed by atoms with Crippen LogP contribution >= 0.6 is 0 Å². The minimum absolute atomic E-state index is 0.0481. The van der Waals surface area contributed by atoms with Gasteiger partial charge in [-0.05, 0) is 48.6 Å². The highest BCUT2D eigenvalue weighted by Crippen LogP contribution is 2.30. The van der Waals surface area contributed by atoms with E-state index in [2.05, 4.69) is 5.32 Å². The van der Waals surface area contributed by atoms with Crippen molar-refractivity contribution in [2.24, 2.45) is 0 Å². The Morgan fingerprint density at radius 3 is 2.31 bits per heavy atom. The molecule has 3 aromatic carbocycles. The van der Waals surface area contributed by atoms with Crippen molar-refractivity contribution in [1.82, 2.24) is 14.5 Å². The van der Waals surface area contributed by atoms with E-state index in [1.807, 2.05) is 61.5 Å². The number of nitrogens with one attached hydrogen (secondary N) is 1. The quantitative estimate of drug-likeness (QED) is 0.373. The molecule has 42 heavy (non-hydrogen) atoms. The number of carbonyl (C=O) groups is 3. The first kappa shape index (κ1) is 29.5. The van der Waals surface area contributed by atoms with Gasteiger partial charge in [0, 0.05) is 32.0 Å². The lowest BCUT2D eigenvalue weighted by atomic mass is 9.94. The first-order valence-corrected chi connectivity index (χ1v) is 16.0. The maximum absolute atomic E-state index is 14.0. The Morgan fingerprint density at radius 2 is 1.60 bits per heavy atom. The summed E-state index contributed by atoms with van der Waals surface area (Å²) < 4.78 is 27.0. The van der Waals surface area contributed by atoms with E-state index in [9.17, 15) is 22.8 Å². The number of sulfonamides is 1. The van der Waals surface area contributed by atoms with Gasteiger partial charge in [-0.1, -0.05) is 86.0 Å². The number of rotatable bonds is 10. The summed E-state index contributed by atoms with van der Waals surface area (Å²) in [7, 11) is -4.05. The van der Waals surface area contributed by atoms with Crippen molar-refractivity contribution in [3.05, 3.63) is 101 Å². The fourth-order valence-corrected chi connectivity index (χ4v) is 7.43. The predicted octanol–water partition coefficient (Wildman–Crippen LogP) is 4.62. The van der Waals surface area contributed by atoms with Crippen molar-refractivity contribution < 1.29 is 22.8 Å². The minimum atomic E-state index is -4.05. The van der Waals surface area contributed by atoms with Gasteiger partial charge in [0.1, 0.15) is 10.9 Å². The molecule has 0 radical (unpaired) electrons. The Hall–Kier alpha value is -3.98. The molecule has 1 saturated carbocycles. The molecule has 3 aromatic rings. The van der Waals surface area contributed by atoms with Gasteiger partial charge in [0.15, 0.2) is 0 Å². The molecular weight excluding hydrogens is 550 g/mol. The Bertz CT molecular complexity index is 1550. The summed E-state index contributed by atoms with van der Waals surface area (Å²) in [5.41, 5.74) is 2.90. The third-order valence-electron chi connectivity index (χ3n) is 8.27. The summed E-state index contributed by atoms with van der Waals surface area (Å²) in [5.74, 6) is -1.25. The number of amides is 3. The molecule has 1 aliphatic heterocycles. The van der Waals surface area contributed by atoms with Crippen molar-refractivity contribution in [2.45, 2.75) is 75.4 Å². The van der Waals surface area contributed by atoms with Crippen LogP contribution in [-0.4, -0.2) is 54.0 Å². The van der Waals surface area contributed by atoms with Crippen LogP contribution in [0.2, 0.25) is 0 Å². The molecule has 1 aliphatic carbocycles. The van der Waals surface area contributed by atoms with Crippen LogP contribution in [0.3, 0.4) is 0 Å². The molecule has 0 unspecified atom stereocenters. The molecule has 8 nitrogen and oxygen atoms in total. The SMILES string of the molecule is Cc1ccccc1CN(C(=O)CCN1C(=O)c2ccccc2S1(=O)=O)[C@H](Cc1ccccc1)C(=O)NC1CCCCC1. The molecule has 0 bridgehead atoms. The average molecular weight is 588 g/mol. The molecule has 220 valence electrons. The van der Waals surface area contributed by atoms with Crippen LogP contribution in [0, 0.1) is 6.92 Å². The average Bonchev–Trinajstić information content (AvgIpc) is 3.19. The molecule has 1 N–H and O–H groups in total. The molecule has 2 aliphatic rings. The Morgan fingerprint density at radius 1 is 0.929 bits per heavy atom. The zero-order valence-corrected chi connectivity index (χ0v) is 24.7. The van der Waals surface area contributed by atoms with Crippen molar-refractivity contribution in [3.63, 3.8) is 0 Å². The maximum Gasteiger partial charge on any atom is 0.269 e. The first-order chi connectivity index (χ1) is 20.3. The lowest BCUT2D eigenvalue weighted by Crippen LogP contribution is -2.53. The van der Waals surface area contributed by atoms with Gasteiger partial charge < -0.3 is 10.2 Å². The molecule has 1 fully saturated rings. The largest absolute Gasteiger partial charge is 0.352 e. The van der Waals surface area contributed by atoms with Crippen LogP contribution in [0.25, 0.3) is 0 Å². The minimum Gasteiger partial charge on any atom is -0.352 e. The van der Waals surface area contributed by atoms with E-state index >= 15 is 0 Å². The van der Waals surface area contributed by atoms with E-state index in [4.69, 9.17) is 0 Å². The Kier molecular flexibility index (Phi) is 9.06. The number of aryl methyl sites for hydroxylation is 1. The number of hydrogen-bond donors (Lipinski definition) is 1. The smallest absolute Gasteiger partial charge is 0.269 e. The van der Waals surface area contributed by atoms with Gasteiger partial charge in [-0.2, -0.15) is 0 Å². The summed E-state index contributed by atoms with van der Waals surface area (Å²) in [6, 6.07) is 22.6. The lowest BCUT2D eigenvalue weighted by Gasteiger charge is -2.34. The topological polar surface area (TPSA) is 104 Å². The van der Waals surface area contributed by atoms with Crippen LogP contribution < -0.4 is 5.32 Å². The first-order valence-electron chi connectivity index (χ1n) is 14.6. The van der Waals surface area contributed by atoms with Gasteiger partial charge in [-0.25, -0.2) is 12.7 Å². The van der Waals surface area contributed by atoms with Crippen molar-refractivity contribution in [3.8, 4) is 0 Å². The molecule has 0 saturated heterocycles.